The first-order valence-corrected chi connectivity index (χ1v) is 7.91. The van der Waals surface area contributed by atoms with E-state index in [1.807, 2.05) is 0 Å². The summed E-state index contributed by atoms with van der Waals surface area (Å²) in [5, 5.41) is 0. The van der Waals surface area contributed by atoms with Crippen LogP contribution < -0.4 is 0 Å². The van der Waals surface area contributed by atoms with Gasteiger partial charge in [-0.1, -0.05) is 80.1 Å². The smallest absolute Gasteiger partial charge is 0.0440 e. The Morgan fingerprint density at radius 2 is 1.00 bits per heavy atom. The van der Waals surface area contributed by atoms with E-state index in [1.54, 1.807) is 0 Å². The van der Waals surface area contributed by atoms with Gasteiger partial charge in [0.25, 0.3) is 0 Å². The van der Waals surface area contributed by atoms with Crippen molar-refractivity contribution >= 4 is 0 Å². The maximum atomic E-state index is 2.44. The molecular formula is C17H36. The van der Waals surface area contributed by atoms with E-state index in [4.69, 9.17) is 0 Å². The molecule has 0 aliphatic rings. The quantitative estimate of drug-likeness (QED) is 0.420. The number of rotatable bonds is 10. The van der Waals surface area contributed by atoms with Gasteiger partial charge in [0.15, 0.2) is 0 Å². The Bertz CT molecular complexity index is 157. The summed E-state index contributed by atoms with van der Waals surface area (Å²) in [5.41, 5.74) is 0. The SMILES string of the molecule is CC(C)CCCC(C)CCCC(C)CC(C)C. The van der Waals surface area contributed by atoms with Crippen LogP contribution >= 0.6 is 0 Å². The lowest BCUT2D eigenvalue weighted by Crippen LogP contribution is -2.02. The second-order valence-corrected chi connectivity index (χ2v) is 7.10. The third kappa shape index (κ3) is 12.2. The van der Waals surface area contributed by atoms with Crippen LogP contribution in [0.5, 0.6) is 0 Å². The molecule has 0 aromatic heterocycles. The first kappa shape index (κ1) is 17.0. The van der Waals surface area contributed by atoms with Gasteiger partial charge in [0.1, 0.15) is 0 Å². The molecule has 0 aliphatic heterocycles. The van der Waals surface area contributed by atoms with Crippen molar-refractivity contribution < 1.29 is 0 Å². The highest BCUT2D eigenvalue weighted by Crippen LogP contribution is 2.21. The molecule has 0 nitrogen and oxygen atoms in total. The van der Waals surface area contributed by atoms with Crippen LogP contribution in [-0.2, 0) is 0 Å². The molecule has 104 valence electrons. The van der Waals surface area contributed by atoms with Gasteiger partial charge in [-0.25, -0.2) is 0 Å². The maximum Gasteiger partial charge on any atom is -0.0440 e. The number of hydrogen-bond acceptors (Lipinski definition) is 0. The van der Waals surface area contributed by atoms with E-state index in [1.165, 1.54) is 44.9 Å². The van der Waals surface area contributed by atoms with Crippen molar-refractivity contribution in [3.05, 3.63) is 0 Å². The molecule has 0 amide bonds. The fourth-order valence-corrected chi connectivity index (χ4v) is 2.76. The summed E-state index contributed by atoms with van der Waals surface area (Å²) in [7, 11) is 0. The van der Waals surface area contributed by atoms with Gasteiger partial charge in [0.05, 0.1) is 0 Å². The third-order valence-corrected chi connectivity index (χ3v) is 3.75. The van der Waals surface area contributed by atoms with Gasteiger partial charge in [-0.05, 0) is 30.1 Å². The predicted molar refractivity (Wildman–Crippen MR) is 80.3 cm³/mol. The Morgan fingerprint density at radius 3 is 1.47 bits per heavy atom. The average molecular weight is 240 g/mol. The molecular weight excluding hydrogens is 204 g/mol. The van der Waals surface area contributed by atoms with E-state index in [0.717, 1.165) is 23.7 Å². The lowest BCUT2D eigenvalue weighted by atomic mass is 9.90. The molecule has 0 saturated heterocycles. The van der Waals surface area contributed by atoms with Crippen molar-refractivity contribution in [2.45, 2.75) is 86.5 Å². The Labute approximate surface area is 111 Å². The first-order chi connectivity index (χ1) is 7.91. The molecule has 2 atom stereocenters. The monoisotopic (exact) mass is 240 g/mol. The van der Waals surface area contributed by atoms with E-state index < -0.39 is 0 Å². The molecule has 0 aromatic rings. The van der Waals surface area contributed by atoms with Crippen molar-refractivity contribution in [1.29, 1.82) is 0 Å². The zero-order valence-electron chi connectivity index (χ0n) is 13.3. The predicted octanol–water partition coefficient (Wildman–Crippen LogP) is 6.30. The summed E-state index contributed by atoms with van der Waals surface area (Å²) >= 11 is 0. The van der Waals surface area contributed by atoms with Crippen LogP contribution in [0.3, 0.4) is 0 Å². The minimum Gasteiger partial charge on any atom is -0.0628 e. The van der Waals surface area contributed by atoms with Gasteiger partial charge in [0.2, 0.25) is 0 Å². The Hall–Kier alpha value is 0. The molecule has 0 fully saturated rings. The fourth-order valence-electron chi connectivity index (χ4n) is 2.76. The van der Waals surface area contributed by atoms with Crippen molar-refractivity contribution in [3.63, 3.8) is 0 Å². The largest absolute Gasteiger partial charge is 0.0628 e. The second-order valence-electron chi connectivity index (χ2n) is 7.10. The van der Waals surface area contributed by atoms with Gasteiger partial charge < -0.3 is 0 Å². The standard InChI is InChI=1S/C17H36/c1-14(2)9-7-10-16(5)11-8-12-17(6)13-15(3)4/h14-17H,7-13H2,1-6H3. The molecule has 0 bridgehead atoms. The molecule has 0 N–H and O–H groups in total. The molecule has 0 radical (unpaired) electrons. The first-order valence-electron chi connectivity index (χ1n) is 7.91. The highest BCUT2D eigenvalue weighted by atomic mass is 14.1. The molecule has 0 rings (SSSR count). The van der Waals surface area contributed by atoms with Crippen LogP contribution in [0.2, 0.25) is 0 Å². The van der Waals surface area contributed by atoms with Crippen LogP contribution in [0, 0.1) is 23.7 Å². The molecule has 2 unspecified atom stereocenters. The van der Waals surface area contributed by atoms with E-state index >= 15 is 0 Å². The van der Waals surface area contributed by atoms with Gasteiger partial charge >= 0.3 is 0 Å². The lowest BCUT2D eigenvalue weighted by molar-refractivity contribution is 0.368. The van der Waals surface area contributed by atoms with E-state index in [2.05, 4.69) is 41.5 Å². The normalized spacial score (nSPS) is 15.5. The molecule has 0 saturated carbocycles. The second kappa shape index (κ2) is 9.97. The summed E-state index contributed by atoms with van der Waals surface area (Å²) in [6.07, 6.45) is 10.0. The van der Waals surface area contributed by atoms with Crippen LogP contribution in [-0.4, -0.2) is 0 Å². The topological polar surface area (TPSA) is 0 Å². The van der Waals surface area contributed by atoms with E-state index in [9.17, 15) is 0 Å². The maximum absolute atomic E-state index is 2.44. The highest BCUT2D eigenvalue weighted by molar-refractivity contribution is 4.60. The molecule has 0 heteroatoms. The fraction of sp³-hybridized carbons (Fsp3) is 1.00. The molecule has 17 heavy (non-hydrogen) atoms. The van der Waals surface area contributed by atoms with Gasteiger partial charge in [-0.15, -0.1) is 0 Å². The third-order valence-electron chi connectivity index (χ3n) is 3.75. The summed E-state index contributed by atoms with van der Waals surface area (Å²) in [4.78, 5) is 0. The average Bonchev–Trinajstić information content (AvgIpc) is 2.15. The van der Waals surface area contributed by atoms with Gasteiger partial charge in [-0.3, -0.25) is 0 Å². The van der Waals surface area contributed by atoms with Crippen molar-refractivity contribution in [2.75, 3.05) is 0 Å². The zero-order valence-corrected chi connectivity index (χ0v) is 13.3. The highest BCUT2D eigenvalue weighted by Gasteiger charge is 2.07. The van der Waals surface area contributed by atoms with Crippen molar-refractivity contribution in [1.82, 2.24) is 0 Å². The van der Waals surface area contributed by atoms with Crippen LogP contribution in [0.15, 0.2) is 0 Å². The lowest BCUT2D eigenvalue weighted by Gasteiger charge is -2.16. The van der Waals surface area contributed by atoms with Gasteiger partial charge in [0, 0.05) is 0 Å². The molecule has 0 spiro atoms. The summed E-state index contributed by atoms with van der Waals surface area (Å²) in [5.74, 6) is 3.62. The molecule has 0 aliphatic carbocycles. The van der Waals surface area contributed by atoms with Crippen LogP contribution in [0.1, 0.15) is 86.5 Å². The summed E-state index contributed by atoms with van der Waals surface area (Å²) in [6, 6.07) is 0. The van der Waals surface area contributed by atoms with Crippen molar-refractivity contribution in [3.8, 4) is 0 Å². The zero-order chi connectivity index (χ0) is 13.3. The van der Waals surface area contributed by atoms with Gasteiger partial charge in [-0.2, -0.15) is 0 Å². The van der Waals surface area contributed by atoms with E-state index in [0.29, 0.717) is 0 Å². The minimum atomic E-state index is 0.869. The van der Waals surface area contributed by atoms with Crippen LogP contribution in [0.25, 0.3) is 0 Å². The molecule has 0 aromatic carbocycles. The molecule has 0 heterocycles. The Morgan fingerprint density at radius 1 is 0.529 bits per heavy atom. The Balaban J connectivity index is 3.41. The summed E-state index contributed by atoms with van der Waals surface area (Å²) < 4.78 is 0. The van der Waals surface area contributed by atoms with Crippen molar-refractivity contribution in [2.24, 2.45) is 23.7 Å². The van der Waals surface area contributed by atoms with E-state index in [-0.39, 0.29) is 0 Å². The minimum absolute atomic E-state index is 0.869. The summed E-state index contributed by atoms with van der Waals surface area (Å²) in [6.45, 7) is 14.2. The van der Waals surface area contributed by atoms with Crippen LogP contribution in [0.4, 0.5) is 0 Å². The number of hydrogen-bond donors (Lipinski definition) is 0. The Kier molecular flexibility index (Phi) is 9.97.